The average Bonchev–Trinajstić information content (AvgIpc) is 2.48. The number of rotatable bonds is 5. The van der Waals surface area contributed by atoms with E-state index in [0.717, 1.165) is 38.7 Å². The molecule has 3 atom stereocenters. The van der Waals surface area contributed by atoms with Crippen LogP contribution in [0.5, 0.6) is 0 Å². The second kappa shape index (κ2) is 7.74. The van der Waals surface area contributed by atoms with Gasteiger partial charge in [-0.1, -0.05) is 0 Å². The Bertz CT molecular complexity index is 335. The summed E-state index contributed by atoms with van der Waals surface area (Å²) in [5, 5.41) is 0. The van der Waals surface area contributed by atoms with Crippen LogP contribution in [0, 0.1) is 0 Å². The van der Waals surface area contributed by atoms with Crippen LogP contribution in [0.25, 0.3) is 0 Å². The number of hydrogen-bond acceptors (Lipinski definition) is 5. The summed E-state index contributed by atoms with van der Waals surface area (Å²) in [5.41, 5.74) is 0. The molecule has 0 amide bonds. The van der Waals surface area contributed by atoms with E-state index in [1.165, 1.54) is 0 Å². The monoisotopic (exact) mass is 284 g/mol. The van der Waals surface area contributed by atoms with E-state index in [9.17, 15) is 9.59 Å². The maximum absolute atomic E-state index is 11.9. The molecule has 1 heterocycles. The first-order chi connectivity index (χ1) is 9.66. The van der Waals surface area contributed by atoms with Crippen LogP contribution in [0.4, 0.5) is 0 Å². The number of ether oxygens (including phenoxy) is 3. The zero-order valence-corrected chi connectivity index (χ0v) is 12.1. The molecule has 5 nitrogen and oxygen atoms in total. The first kappa shape index (κ1) is 15.4. The van der Waals surface area contributed by atoms with Gasteiger partial charge >= 0.3 is 5.97 Å². The highest BCUT2D eigenvalue weighted by molar-refractivity contribution is 5.86. The lowest BCUT2D eigenvalue weighted by molar-refractivity contribution is -0.169. The van der Waals surface area contributed by atoms with Gasteiger partial charge < -0.3 is 14.2 Å². The van der Waals surface area contributed by atoms with Gasteiger partial charge in [0, 0.05) is 13.0 Å². The number of esters is 1. The average molecular weight is 284 g/mol. The minimum absolute atomic E-state index is 0.0346. The lowest BCUT2D eigenvalue weighted by Crippen LogP contribution is -2.36. The molecule has 0 aromatic heterocycles. The Kier molecular flexibility index (Phi) is 5.98. The van der Waals surface area contributed by atoms with Crippen molar-refractivity contribution < 1.29 is 23.8 Å². The third-order valence-electron chi connectivity index (χ3n) is 3.90. The third kappa shape index (κ3) is 4.56. The van der Waals surface area contributed by atoms with E-state index in [-0.39, 0.29) is 11.9 Å². The molecule has 0 unspecified atom stereocenters. The Morgan fingerprint density at radius 1 is 1.30 bits per heavy atom. The van der Waals surface area contributed by atoms with Gasteiger partial charge in [-0.3, -0.25) is 4.79 Å². The summed E-state index contributed by atoms with van der Waals surface area (Å²) in [5.74, 6) is -0.409. The van der Waals surface area contributed by atoms with Crippen LogP contribution in [0.15, 0.2) is 0 Å². The second-order valence-electron chi connectivity index (χ2n) is 5.60. The van der Waals surface area contributed by atoms with Crippen molar-refractivity contribution in [2.45, 2.75) is 70.2 Å². The number of hydrogen-bond donors (Lipinski definition) is 0. The predicted molar refractivity (Wildman–Crippen MR) is 72.4 cm³/mol. The lowest BCUT2D eigenvalue weighted by atomic mass is 9.96. The van der Waals surface area contributed by atoms with E-state index in [0.29, 0.717) is 19.4 Å². The normalized spacial score (nSPS) is 28.9. The maximum Gasteiger partial charge on any atom is 0.335 e. The van der Waals surface area contributed by atoms with Gasteiger partial charge in [0.1, 0.15) is 0 Å². The molecule has 20 heavy (non-hydrogen) atoms. The number of carbonyl (C=O) groups is 2. The Balaban J connectivity index is 1.69. The molecule has 2 aliphatic rings. The quantitative estimate of drug-likeness (QED) is 0.723. The molecule has 0 aromatic carbocycles. The Hall–Kier alpha value is -0.940. The van der Waals surface area contributed by atoms with Crippen LogP contribution in [0.2, 0.25) is 0 Å². The molecule has 0 N–H and O–H groups in total. The van der Waals surface area contributed by atoms with E-state index in [4.69, 9.17) is 14.2 Å². The van der Waals surface area contributed by atoms with Crippen molar-refractivity contribution in [2.24, 2.45) is 0 Å². The SMILES string of the molecule is C[C@H](OC[C@H]1CCCCO1)C(=O)O[C@@H]1CCCCC1=O. The first-order valence-corrected chi connectivity index (χ1v) is 7.63. The first-order valence-electron chi connectivity index (χ1n) is 7.63. The molecule has 0 radical (unpaired) electrons. The van der Waals surface area contributed by atoms with Crippen LogP contribution in [-0.4, -0.2) is 43.3 Å². The third-order valence-corrected chi connectivity index (χ3v) is 3.90. The van der Waals surface area contributed by atoms with Gasteiger partial charge in [-0.05, 0) is 45.4 Å². The highest BCUT2D eigenvalue weighted by Gasteiger charge is 2.28. The highest BCUT2D eigenvalue weighted by atomic mass is 16.6. The molecule has 0 aromatic rings. The fourth-order valence-corrected chi connectivity index (χ4v) is 2.57. The Morgan fingerprint density at radius 2 is 2.10 bits per heavy atom. The van der Waals surface area contributed by atoms with Crippen LogP contribution < -0.4 is 0 Å². The summed E-state index contributed by atoms with van der Waals surface area (Å²) in [4.78, 5) is 23.5. The van der Waals surface area contributed by atoms with Gasteiger partial charge in [0.25, 0.3) is 0 Å². The fourth-order valence-electron chi connectivity index (χ4n) is 2.57. The molecular formula is C15H24O5. The molecule has 1 aliphatic heterocycles. The molecule has 114 valence electrons. The van der Waals surface area contributed by atoms with Crippen molar-refractivity contribution in [2.75, 3.05) is 13.2 Å². The largest absolute Gasteiger partial charge is 0.452 e. The summed E-state index contributed by atoms with van der Waals surface area (Å²) >= 11 is 0. The molecule has 0 bridgehead atoms. The Labute approximate surface area is 120 Å². The summed E-state index contributed by atoms with van der Waals surface area (Å²) < 4.78 is 16.3. The molecule has 2 fully saturated rings. The van der Waals surface area contributed by atoms with Crippen molar-refractivity contribution >= 4 is 11.8 Å². The van der Waals surface area contributed by atoms with E-state index in [1.807, 2.05) is 0 Å². The standard InChI is InChI=1S/C15H24O5/c1-11(19-10-12-6-4-5-9-18-12)15(17)20-14-8-3-2-7-13(14)16/h11-12,14H,2-10H2,1H3/t11-,12+,14+/m0/s1. The molecule has 0 spiro atoms. The van der Waals surface area contributed by atoms with Gasteiger partial charge in [-0.25, -0.2) is 4.79 Å². The topological polar surface area (TPSA) is 61.8 Å². The minimum Gasteiger partial charge on any atom is -0.452 e. The van der Waals surface area contributed by atoms with E-state index < -0.39 is 18.2 Å². The number of ketones is 1. The Morgan fingerprint density at radius 3 is 2.80 bits per heavy atom. The molecule has 5 heteroatoms. The van der Waals surface area contributed by atoms with Crippen molar-refractivity contribution in [1.82, 2.24) is 0 Å². The molecular weight excluding hydrogens is 260 g/mol. The highest BCUT2D eigenvalue weighted by Crippen LogP contribution is 2.18. The zero-order chi connectivity index (χ0) is 14.4. The van der Waals surface area contributed by atoms with Crippen LogP contribution >= 0.6 is 0 Å². The zero-order valence-electron chi connectivity index (χ0n) is 12.1. The van der Waals surface area contributed by atoms with E-state index >= 15 is 0 Å². The predicted octanol–water partition coefficient (Wildman–Crippen LogP) is 2.02. The van der Waals surface area contributed by atoms with Crippen molar-refractivity contribution in [1.29, 1.82) is 0 Å². The number of Topliss-reactive ketones (excluding diaryl/α,β-unsaturated/α-hetero) is 1. The van der Waals surface area contributed by atoms with Crippen LogP contribution in [0.1, 0.15) is 51.9 Å². The maximum atomic E-state index is 11.9. The molecule has 1 saturated heterocycles. The molecule has 1 saturated carbocycles. The van der Waals surface area contributed by atoms with Crippen molar-refractivity contribution in [3.8, 4) is 0 Å². The van der Waals surface area contributed by atoms with Gasteiger partial charge in [0.05, 0.1) is 12.7 Å². The van der Waals surface area contributed by atoms with Crippen LogP contribution in [-0.2, 0) is 23.8 Å². The second-order valence-corrected chi connectivity index (χ2v) is 5.60. The summed E-state index contributed by atoms with van der Waals surface area (Å²) in [6.07, 6.45) is 5.09. The van der Waals surface area contributed by atoms with Crippen LogP contribution in [0.3, 0.4) is 0 Å². The van der Waals surface area contributed by atoms with Gasteiger partial charge in [0.15, 0.2) is 18.0 Å². The minimum atomic E-state index is -0.643. The molecule has 2 rings (SSSR count). The smallest absolute Gasteiger partial charge is 0.335 e. The summed E-state index contributed by atoms with van der Waals surface area (Å²) in [6.45, 7) is 2.84. The van der Waals surface area contributed by atoms with Crippen molar-refractivity contribution in [3.63, 3.8) is 0 Å². The van der Waals surface area contributed by atoms with E-state index in [2.05, 4.69) is 0 Å². The summed E-state index contributed by atoms with van der Waals surface area (Å²) in [7, 11) is 0. The van der Waals surface area contributed by atoms with Gasteiger partial charge in [-0.2, -0.15) is 0 Å². The number of carbonyl (C=O) groups excluding carboxylic acids is 2. The molecule has 1 aliphatic carbocycles. The van der Waals surface area contributed by atoms with Gasteiger partial charge in [-0.15, -0.1) is 0 Å². The van der Waals surface area contributed by atoms with E-state index in [1.54, 1.807) is 6.92 Å². The lowest BCUT2D eigenvalue weighted by Gasteiger charge is -2.25. The van der Waals surface area contributed by atoms with Crippen molar-refractivity contribution in [3.05, 3.63) is 0 Å². The van der Waals surface area contributed by atoms with Gasteiger partial charge in [0.2, 0.25) is 0 Å². The summed E-state index contributed by atoms with van der Waals surface area (Å²) in [6, 6.07) is 0. The fraction of sp³-hybridized carbons (Fsp3) is 0.867.